The maximum atomic E-state index is 14.6. The molecule has 2 aliphatic rings. The minimum atomic E-state index is -1.59. The van der Waals surface area contributed by atoms with Gasteiger partial charge in [-0.25, -0.2) is 28.8 Å². The average molecular weight is 951 g/mol. The van der Waals surface area contributed by atoms with E-state index in [0.29, 0.717) is 22.3 Å². The van der Waals surface area contributed by atoms with Crippen molar-refractivity contribution in [2.24, 2.45) is 0 Å². The van der Waals surface area contributed by atoms with Gasteiger partial charge in [0.05, 0.1) is 48.4 Å². The summed E-state index contributed by atoms with van der Waals surface area (Å²) in [6.07, 6.45) is 12.4. The lowest BCUT2D eigenvalue weighted by Gasteiger charge is -2.32. The van der Waals surface area contributed by atoms with Crippen LogP contribution in [0.5, 0.6) is 0 Å². The van der Waals surface area contributed by atoms with Crippen LogP contribution in [0.15, 0.2) is 97.1 Å². The summed E-state index contributed by atoms with van der Waals surface area (Å²) in [5, 5.41) is 45.2. The third-order valence-electron chi connectivity index (χ3n) is 10.9. The van der Waals surface area contributed by atoms with E-state index in [1.165, 1.54) is 97.1 Å². The number of urea groups is 2. The highest BCUT2D eigenvalue weighted by atomic mass is 16.6. The summed E-state index contributed by atoms with van der Waals surface area (Å²) < 4.78 is 21.3. The Balaban J connectivity index is 1.25. The van der Waals surface area contributed by atoms with Crippen molar-refractivity contribution in [3.8, 4) is 49.4 Å². The molecule has 2 saturated heterocycles. The summed E-state index contributed by atoms with van der Waals surface area (Å²) in [6.45, 7) is -5.00. The summed E-state index contributed by atoms with van der Waals surface area (Å²) in [4.78, 5) is 84.8. The first-order valence-corrected chi connectivity index (χ1v) is 21.5. The topological polar surface area (TPSA) is 233 Å². The van der Waals surface area contributed by atoms with Crippen molar-refractivity contribution in [2.45, 2.75) is 36.7 Å². The average Bonchev–Trinajstić information content (AvgIpc) is 3.79. The zero-order valence-electron chi connectivity index (χ0n) is 37.3. The van der Waals surface area contributed by atoms with Crippen molar-refractivity contribution in [2.75, 3.05) is 52.6 Å². The molecule has 4 aromatic rings. The standard InChI is InChI=1S/C52H46N4O14/c1-5-33-9-17-37(18-10-33)47(61)67-29-41(57)25-53-45-46(55(51(53)65)27-43(59)31-69-49(63)39-21-13-35(7-3)14-22-39)56(28-44(60)32-70-50(64)40-23-15-36(8-4)16-24-40)52(66)54(45)26-42(58)30-68-48(62)38-19-11-34(6-2)12-20-38/h1-4,9-24,41-46,57-60H,25-32H2. The van der Waals surface area contributed by atoms with Crippen LogP contribution in [0.3, 0.4) is 0 Å². The summed E-state index contributed by atoms with van der Waals surface area (Å²) in [6, 6.07) is 21.7. The van der Waals surface area contributed by atoms with Gasteiger partial charge in [0.1, 0.15) is 63.2 Å². The van der Waals surface area contributed by atoms with Crippen LogP contribution in [0.4, 0.5) is 9.59 Å². The highest BCUT2D eigenvalue weighted by molar-refractivity contribution is 5.91. The third-order valence-corrected chi connectivity index (χ3v) is 10.9. The maximum absolute atomic E-state index is 14.6. The number of hydrogen-bond donors (Lipinski definition) is 4. The van der Waals surface area contributed by atoms with E-state index in [1.807, 2.05) is 0 Å². The minimum Gasteiger partial charge on any atom is -0.459 e. The summed E-state index contributed by atoms with van der Waals surface area (Å²) in [5.41, 5.74) is 2.47. The Bertz CT molecular complexity index is 2360. The van der Waals surface area contributed by atoms with Gasteiger partial charge < -0.3 is 39.4 Å². The number of benzene rings is 4. The fourth-order valence-corrected chi connectivity index (χ4v) is 7.46. The Morgan fingerprint density at radius 1 is 0.400 bits per heavy atom. The van der Waals surface area contributed by atoms with Gasteiger partial charge in [-0.05, 0) is 97.1 Å². The molecule has 2 heterocycles. The number of fused-ring (bicyclic) bond motifs is 1. The van der Waals surface area contributed by atoms with Gasteiger partial charge in [-0.1, -0.05) is 23.7 Å². The highest BCUT2D eigenvalue weighted by Crippen LogP contribution is 2.36. The number of esters is 4. The van der Waals surface area contributed by atoms with Crippen molar-refractivity contribution < 1.29 is 68.1 Å². The second kappa shape index (κ2) is 23.4. The number of aliphatic hydroxyl groups excluding tert-OH is 4. The van der Waals surface area contributed by atoms with E-state index in [4.69, 9.17) is 44.6 Å². The molecule has 0 spiro atoms. The van der Waals surface area contributed by atoms with E-state index in [1.54, 1.807) is 0 Å². The van der Waals surface area contributed by atoms with Gasteiger partial charge in [0.25, 0.3) is 0 Å². The van der Waals surface area contributed by atoms with Crippen molar-refractivity contribution in [1.29, 1.82) is 0 Å². The lowest BCUT2D eigenvalue weighted by Crippen LogP contribution is -2.52. The molecule has 2 aliphatic heterocycles. The Morgan fingerprint density at radius 3 is 0.757 bits per heavy atom. The molecule has 4 atom stereocenters. The zero-order valence-corrected chi connectivity index (χ0v) is 37.3. The van der Waals surface area contributed by atoms with Gasteiger partial charge in [-0.2, -0.15) is 0 Å². The fourth-order valence-electron chi connectivity index (χ4n) is 7.46. The molecule has 358 valence electrons. The molecule has 4 amide bonds. The van der Waals surface area contributed by atoms with Crippen molar-refractivity contribution in [1.82, 2.24) is 19.6 Å². The van der Waals surface area contributed by atoms with Crippen LogP contribution >= 0.6 is 0 Å². The molecular weight excluding hydrogens is 905 g/mol. The molecule has 2 fully saturated rings. The molecule has 18 nitrogen and oxygen atoms in total. The molecule has 0 radical (unpaired) electrons. The number of β-amino-alcohol motifs (C(OH)–C–C–N with tert-alkyl or cyclic N) is 4. The Labute approximate surface area is 402 Å². The van der Waals surface area contributed by atoms with E-state index >= 15 is 0 Å². The molecule has 6 rings (SSSR count). The van der Waals surface area contributed by atoms with Crippen LogP contribution in [0.25, 0.3) is 0 Å². The van der Waals surface area contributed by atoms with Crippen LogP contribution in [0.2, 0.25) is 0 Å². The van der Waals surface area contributed by atoms with Crippen LogP contribution in [-0.2, 0) is 18.9 Å². The van der Waals surface area contributed by atoms with E-state index in [2.05, 4.69) is 23.7 Å². The van der Waals surface area contributed by atoms with Gasteiger partial charge >= 0.3 is 35.9 Å². The fraction of sp³-hybridized carbons (Fsp3) is 0.269. The van der Waals surface area contributed by atoms with Crippen molar-refractivity contribution in [3.05, 3.63) is 142 Å². The quantitative estimate of drug-likeness (QED) is 0.0564. The number of ether oxygens (including phenoxy) is 4. The Kier molecular flexibility index (Phi) is 17.0. The van der Waals surface area contributed by atoms with Crippen LogP contribution in [0, 0.1) is 49.4 Å². The maximum Gasteiger partial charge on any atom is 0.338 e. The van der Waals surface area contributed by atoms with E-state index in [9.17, 15) is 49.2 Å². The molecule has 4 N–H and O–H groups in total. The molecular formula is C52H46N4O14. The number of rotatable bonds is 20. The monoisotopic (exact) mass is 950 g/mol. The third kappa shape index (κ3) is 12.5. The number of nitrogens with zero attached hydrogens (tertiary/aromatic N) is 4. The molecule has 4 unspecified atom stereocenters. The zero-order chi connectivity index (χ0) is 50.5. The predicted molar refractivity (Wildman–Crippen MR) is 248 cm³/mol. The normalized spacial score (nSPS) is 16.6. The molecule has 0 aliphatic carbocycles. The molecule has 18 heteroatoms. The molecule has 0 aromatic heterocycles. The second-order valence-electron chi connectivity index (χ2n) is 15.9. The van der Waals surface area contributed by atoms with Gasteiger partial charge in [-0.15, -0.1) is 25.7 Å². The lowest BCUT2D eigenvalue weighted by atomic mass is 10.1. The number of hydrogen-bond acceptors (Lipinski definition) is 14. The number of aliphatic hydroxyl groups is 4. The van der Waals surface area contributed by atoms with Gasteiger partial charge in [0.2, 0.25) is 0 Å². The number of terminal acetylenes is 4. The summed E-state index contributed by atoms with van der Waals surface area (Å²) in [7, 11) is 0. The first kappa shape index (κ1) is 50.8. The highest BCUT2D eigenvalue weighted by Gasteiger charge is 2.60. The number of carbonyl (C=O) groups excluding carboxylic acids is 6. The molecule has 0 saturated carbocycles. The predicted octanol–water partition coefficient (Wildman–Crippen LogP) is 1.91. The SMILES string of the molecule is C#Cc1ccc(C(=O)OCC(O)CN2C(=O)N(CC(O)COC(=O)c3ccc(C#C)cc3)C3C2N(CC(O)COC(=O)c2ccc(C#C)cc2)C(=O)N3CC(O)COC(=O)c2ccc(C#C)cc2)cc1. The van der Waals surface area contributed by atoms with Crippen LogP contribution < -0.4 is 0 Å². The Hall–Kier alpha value is -8.62. The largest absolute Gasteiger partial charge is 0.459 e. The molecule has 0 bridgehead atoms. The first-order chi connectivity index (χ1) is 33.6. The molecule has 70 heavy (non-hydrogen) atoms. The lowest BCUT2D eigenvalue weighted by molar-refractivity contribution is -0.00440. The van der Waals surface area contributed by atoms with Crippen molar-refractivity contribution >= 4 is 35.9 Å². The van der Waals surface area contributed by atoms with Gasteiger partial charge in [0, 0.05) is 22.3 Å². The Morgan fingerprint density at radius 2 is 0.586 bits per heavy atom. The first-order valence-electron chi connectivity index (χ1n) is 21.5. The summed E-state index contributed by atoms with van der Waals surface area (Å²) in [5.74, 6) is 6.41. The van der Waals surface area contributed by atoms with Gasteiger partial charge in [-0.3, -0.25) is 19.6 Å². The van der Waals surface area contributed by atoms with Gasteiger partial charge in [0.15, 0.2) is 0 Å². The van der Waals surface area contributed by atoms with Crippen LogP contribution in [-0.4, -0.2) is 165 Å². The summed E-state index contributed by atoms with van der Waals surface area (Å²) >= 11 is 0. The van der Waals surface area contributed by atoms with E-state index in [0.717, 1.165) is 19.6 Å². The van der Waals surface area contributed by atoms with Crippen LogP contribution in [0.1, 0.15) is 63.7 Å². The smallest absolute Gasteiger partial charge is 0.338 e. The number of carbonyl (C=O) groups is 6. The second-order valence-corrected chi connectivity index (χ2v) is 15.9. The minimum absolute atomic E-state index is 0.113. The van der Waals surface area contributed by atoms with Crippen molar-refractivity contribution in [3.63, 3.8) is 0 Å². The van der Waals surface area contributed by atoms with E-state index < -0.39 is 125 Å². The van der Waals surface area contributed by atoms with E-state index in [-0.39, 0.29) is 22.3 Å². The molecule has 4 aromatic carbocycles. The number of amides is 4.